The van der Waals surface area contributed by atoms with Crippen LogP contribution in [0.1, 0.15) is 11.4 Å². The molecular weight excluding hydrogens is 244 g/mol. The van der Waals surface area contributed by atoms with Crippen LogP contribution < -0.4 is 0 Å². The third-order valence-corrected chi connectivity index (χ3v) is 3.25. The maximum absolute atomic E-state index is 4.70. The van der Waals surface area contributed by atoms with Gasteiger partial charge in [0.05, 0.1) is 11.4 Å². The fourth-order valence-electron chi connectivity index (χ4n) is 2.28. The summed E-state index contributed by atoms with van der Waals surface area (Å²) in [5, 5.41) is 0. The molecule has 0 N–H and O–H groups in total. The lowest BCUT2D eigenvalue weighted by Gasteiger charge is -2.10. The average molecular weight is 260 g/mol. The molecule has 0 aliphatic carbocycles. The van der Waals surface area contributed by atoms with E-state index in [0.717, 1.165) is 28.3 Å². The molecule has 98 valence electrons. The van der Waals surface area contributed by atoms with Gasteiger partial charge in [-0.25, -0.2) is 0 Å². The van der Waals surface area contributed by atoms with Crippen molar-refractivity contribution in [1.82, 2.24) is 9.97 Å². The van der Waals surface area contributed by atoms with Gasteiger partial charge in [-0.2, -0.15) is 0 Å². The summed E-state index contributed by atoms with van der Waals surface area (Å²) >= 11 is 0. The van der Waals surface area contributed by atoms with Crippen LogP contribution in [0.4, 0.5) is 0 Å². The molecule has 0 aliphatic rings. The summed E-state index contributed by atoms with van der Waals surface area (Å²) in [7, 11) is 0. The van der Waals surface area contributed by atoms with Gasteiger partial charge in [-0.05, 0) is 37.6 Å². The van der Waals surface area contributed by atoms with Crippen LogP contribution in [-0.4, -0.2) is 9.97 Å². The van der Waals surface area contributed by atoms with E-state index in [2.05, 4.69) is 23.2 Å². The van der Waals surface area contributed by atoms with Gasteiger partial charge < -0.3 is 0 Å². The summed E-state index contributed by atoms with van der Waals surface area (Å²) in [6.45, 7) is 4.01. The average Bonchev–Trinajstić information content (AvgIpc) is 2.48. The highest BCUT2D eigenvalue weighted by Crippen LogP contribution is 2.29. The summed E-state index contributed by atoms with van der Waals surface area (Å²) in [5.41, 5.74) is 6.16. The molecule has 0 aliphatic heterocycles. The molecule has 1 aromatic carbocycles. The minimum Gasteiger partial charge on any atom is -0.251 e. The Labute approximate surface area is 119 Å². The van der Waals surface area contributed by atoms with Gasteiger partial charge in [-0.1, -0.05) is 42.5 Å². The van der Waals surface area contributed by atoms with Gasteiger partial charge >= 0.3 is 0 Å². The van der Waals surface area contributed by atoms with E-state index in [1.54, 1.807) is 0 Å². The van der Waals surface area contributed by atoms with Crippen molar-refractivity contribution in [2.75, 3.05) is 0 Å². The van der Waals surface area contributed by atoms with E-state index in [0.29, 0.717) is 0 Å². The smallest absolute Gasteiger partial charge is 0.0967 e. The molecule has 0 saturated heterocycles. The standard InChI is InChI=1S/C18H16N2/c1-13-7-6-10-17(19-13)18-16(12-11-14(2)20-18)15-8-4-3-5-9-15/h3-12H,1-2H3. The third kappa shape index (κ3) is 2.45. The van der Waals surface area contributed by atoms with Crippen molar-refractivity contribution in [3.05, 3.63) is 72.1 Å². The van der Waals surface area contributed by atoms with Crippen LogP contribution in [0.25, 0.3) is 22.5 Å². The van der Waals surface area contributed by atoms with Crippen LogP contribution in [0.2, 0.25) is 0 Å². The molecule has 2 heterocycles. The zero-order valence-corrected chi connectivity index (χ0v) is 11.7. The van der Waals surface area contributed by atoms with Crippen molar-refractivity contribution >= 4 is 0 Å². The Hall–Kier alpha value is -2.48. The van der Waals surface area contributed by atoms with Crippen LogP contribution in [-0.2, 0) is 0 Å². The number of aryl methyl sites for hydroxylation is 2. The van der Waals surface area contributed by atoms with Gasteiger partial charge in [-0.15, -0.1) is 0 Å². The number of pyridine rings is 2. The van der Waals surface area contributed by atoms with Gasteiger partial charge in [0.15, 0.2) is 0 Å². The molecule has 3 aromatic rings. The molecule has 2 aromatic heterocycles. The van der Waals surface area contributed by atoms with E-state index in [1.165, 1.54) is 5.56 Å². The predicted octanol–water partition coefficient (Wildman–Crippen LogP) is 4.43. The maximum atomic E-state index is 4.70. The molecule has 0 fully saturated rings. The molecule has 0 radical (unpaired) electrons. The molecule has 3 rings (SSSR count). The van der Waals surface area contributed by atoms with Gasteiger partial charge in [0.25, 0.3) is 0 Å². The van der Waals surface area contributed by atoms with Crippen LogP contribution in [0.5, 0.6) is 0 Å². The second-order valence-corrected chi connectivity index (χ2v) is 4.88. The first-order valence-electron chi connectivity index (χ1n) is 6.71. The Morgan fingerprint density at radius 1 is 0.650 bits per heavy atom. The van der Waals surface area contributed by atoms with Gasteiger partial charge in [0.1, 0.15) is 0 Å². The lowest BCUT2D eigenvalue weighted by molar-refractivity contribution is 1.15. The van der Waals surface area contributed by atoms with Crippen molar-refractivity contribution in [2.45, 2.75) is 13.8 Å². The second kappa shape index (κ2) is 5.25. The molecular formula is C18H16N2. The predicted molar refractivity (Wildman–Crippen MR) is 82.4 cm³/mol. The summed E-state index contributed by atoms with van der Waals surface area (Å²) in [5.74, 6) is 0. The zero-order valence-electron chi connectivity index (χ0n) is 11.7. The summed E-state index contributed by atoms with van der Waals surface area (Å²) < 4.78 is 0. The Morgan fingerprint density at radius 2 is 1.40 bits per heavy atom. The molecule has 0 atom stereocenters. The zero-order chi connectivity index (χ0) is 13.9. The third-order valence-electron chi connectivity index (χ3n) is 3.25. The quantitative estimate of drug-likeness (QED) is 0.681. The lowest BCUT2D eigenvalue weighted by Crippen LogP contribution is -1.94. The summed E-state index contributed by atoms with van der Waals surface area (Å²) in [4.78, 5) is 9.31. The number of nitrogens with zero attached hydrogens (tertiary/aromatic N) is 2. The van der Waals surface area contributed by atoms with E-state index in [9.17, 15) is 0 Å². The summed E-state index contributed by atoms with van der Waals surface area (Å²) in [6, 6.07) is 20.5. The molecule has 2 heteroatoms. The minimum absolute atomic E-state index is 0.924. The van der Waals surface area contributed by atoms with E-state index >= 15 is 0 Å². The van der Waals surface area contributed by atoms with Crippen LogP contribution >= 0.6 is 0 Å². The van der Waals surface area contributed by atoms with Crippen molar-refractivity contribution in [2.24, 2.45) is 0 Å². The lowest BCUT2D eigenvalue weighted by atomic mass is 10.0. The molecule has 0 unspecified atom stereocenters. The Kier molecular flexibility index (Phi) is 3.30. The van der Waals surface area contributed by atoms with Crippen LogP contribution in [0, 0.1) is 13.8 Å². The molecule has 0 spiro atoms. The van der Waals surface area contributed by atoms with Crippen LogP contribution in [0.15, 0.2) is 60.7 Å². The largest absolute Gasteiger partial charge is 0.251 e. The normalized spacial score (nSPS) is 10.5. The Bertz CT molecular complexity index is 733. The number of aromatic nitrogens is 2. The second-order valence-electron chi connectivity index (χ2n) is 4.88. The maximum Gasteiger partial charge on any atom is 0.0967 e. The Morgan fingerprint density at radius 3 is 2.15 bits per heavy atom. The van der Waals surface area contributed by atoms with Crippen molar-refractivity contribution in [1.29, 1.82) is 0 Å². The molecule has 0 amide bonds. The van der Waals surface area contributed by atoms with Crippen molar-refractivity contribution in [3.8, 4) is 22.5 Å². The highest BCUT2D eigenvalue weighted by Gasteiger charge is 2.10. The number of hydrogen-bond donors (Lipinski definition) is 0. The number of rotatable bonds is 2. The first kappa shape index (κ1) is 12.5. The van der Waals surface area contributed by atoms with Gasteiger partial charge in [0, 0.05) is 17.0 Å². The molecule has 20 heavy (non-hydrogen) atoms. The number of benzene rings is 1. The first-order chi connectivity index (χ1) is 9.74. The van der Waals surface area contributed by atoms with E-state index in [-0.39, 0.29) is 0 Å². The molecule has 0 bridgehead atoms. The highest BCUT2D eigenvalue weighted by atomic mass is 14.8. The number of hydrogen-bond acceptors (Lipinski definition) is 2. The summed E-state index contributed by atoms with van der Waals surface area (Å²) in [6.07, 6.45) is 0. The van der Waals surface area contributed by atoms with Crippen molar-refractivity contribution in [3.63, 3.8) is 0 Å². The van der Waals surface area contributed by atoms with Crippen molar-refractivity contribution < 1.29 is 0 Å². The molecule has 2 nitrogen and oxygen atoms in total. The topological polar surface area (TPSA) is 25.8 Å². The highest BCUT2D eigenvalue weighted by molar-refractivity contribution is 5.79. The fraction of sp³-hybridized carbons (Fsp3) is 0.111. The Balaban J connectivity index is 2.22. The van der Waals surface area contributed by atoms with E-state index in [1.807, 2.05) is 56.3 Å². The van der Waals surface area contributed by atoms with Gasteiger partial charge in [0.2, 0.25) is 0 Å². The van der Waals surface area contributed by atoms with E-state index < -0.39 is 0 Å². The van der Waals surface area contributed by atoms with E-state index in [4.69, 9.17) is 4.98 Å². The molecule has 0 saturated carbocycles. The first-order valence-corrected chi connectivity index (χ1v) is 6.71. The SMILES string of the molecule is Cc1cccc(-c2nc(C)ccc2-c2ccccc2)n1. The van der Waals surface area contributed by atoms with Gasteiger partial charge in [-0.3, -0.25) is 9.97 Å². The fourth-order valence-corrected chi connectivity index (χ4v) is 2.28. The monoisotopic (exact) mass is 260 g/mol. The van der Waals surface area contributed by atoms with Crippen LogP contribution in [0.3, 0.4) is 0 Å². The minimum atomic E-state index is 0.924.